The number of pyridine rings is 1. The van der Waals surface area contributed by atoms with Crippen LogP contribution in [-0.2, 0) is 23.2 Å². The molecule has 0 spiro atoms. The second-order valence-electron chi connectivity index (χ2n) is 6.14. The summed E-state index contributed by atoms with van der Waals surface area (Å²) in [7, 11) is -0.363. The summed E-state index contributed by atoms with van der Waals surface area (Å²) in [5.74, 6) is 0.506. The molecule has 0 atom stereocenters. The Morgan fingerprint density at radius 2 is 2.04 bits per heavy atom. The molecule has 0 aliphatic heterocycles. The molecule has 2 aromatic heterocycles. The van der Waals surface area contributed by atoms with E-state index in [2.05, 4.69) is 50.2 Å². The average molecular weight is 403 g/mol. The Bertz CT molecular complexity index is 784. The Hall–Kier alpha value is -0.960. The first-order valence-electron chi connectivity index (χ1n) is 7.52. The standard InChI is InChI=1S/C15H23BrN4O2S/c1-11(2)9-20-10-12(7-8-17-23(21,22)19(3)4)13-5-6-14(16)18-15(13)20/h5-6,10-11,17H,7-9H2,1-4H3. The minimum absolute atomic E-state index is 0.359. The Balaban J connectivity index is 2.24. The molecule has 0 saturated heterocycles. The maximum atomic E-state index is 11.8. The summed E-state index contributed by atoms with van der Waals surface area (Å²) in [4.78, 5) is 4.57. The molecule has 0 aliphatic rings. The molecule has 0 aromatic carbocycles. The number of fused-ring (bicyclic) bond motifs is 1. The number of hydrogen-bond acceptors (Lipinski definition) is 3. The SMILES string of the molecule is CC(C)Cn1cc(CCNS(=O)(=O)N(C)C)c2ccc(Br)nc21. The van der Waals surface area contributed by atoms with Gasteiger partial charge in [-0.1, -0.05) is 13.8 Å². The second-order valence-corrected chi connectivity index (χ2v) is 8.92. The maximum absolute atomic E-state index is 11.8. The molecule has 0 amide bonds. The summed E-state index contributed by atoms with van der Waals surface area (Å²) in [5.41, 5.74) is 2.03. The first-order chi connectivity index (χ1) is 10.7. The van der Waals surface area contributed by atoms with Gasteiger partial charge in [0, 0.05) is 38.8 Å². The Kier molecular flexibility index (Phi) is 5.83. The lowest BCUT2D eigenvalue weighted by atomic mass is 10.2. The Morgan fingerprint density at radius 1 is 1.35 bits per heavy atom. The van der Waals surface area contributed by atoms with Crippen LogP contribution in [0.5, 0.6) is 0 Å². The molecular formula is C15H23BrN4O2S. The molecule has 0 unspecified atom stereocenters. The van der Waals surface area contributed by atoms with E-state index in [0.717, 1.165) is 27.7 Å². The summed E-state index contributed by atoms with van der Waals surface area (Å²) in [5, 5.41) is 1.07. The van der Waals surface area contributed by atoms with E-state index >= 15 is 0 Å². The average Bonchev–Trinajstić information content (AvgIpc) is 2.75. The smallest absolute Gasteiger partial charge is 0.278 e. The summed E-state index contributed by atoms with van der Waals surface area (Å²) >= 11 is 3.42. The molecular weight excluding hydrogens is 380 g/mol. The lowest BCUT2D eigenvalue weighted by Crippen LogP contribution is -2.36. The highest BCUT2D eigenvalue weighted by Gasteiger charge is 2.14. The van der Waals surface area contributed by atoms with Crippen LogP contribution in [0.2, 0.25) is 0 Å². The molecule has 0 bridgehead atoms. The van der Waals surface area contributed by atoms with Crippen LogP contribution in [0.1, 0.15) is 19.4 Å². The monoisotopic (exact) mass is 402 g/mol. The van der Waals surface area contributed by atoms with Crippen molar-refractivity contribution in [3.8, 4) is 0 Å². The Morgan fingerprint density at radius 3 is 2.65 bits per heavy atom. The van der Waals surface area contributed by atoms with E-state index in [1.54, 1.807) is 0 Å². The normalized spacial score (nSPS) is 12.7. The van der Waals surface area contributed by atoms with Gasteiger partial charge >= 0.3 is 0 Å². The molecule has 2 rings (SSSR count). The first-order valence-corrected chi connectivity index (χ1v) is 9.75. The van der Waals surface area contributed by atoms with Gasteiger partial charge in [-0.2, -0.15) is 12.7 Å². The van der Waals surface area contributed by atoms with Crippen molar-refractivity contribution in [3.63, 3.8) is 0 Å². The lowest BCUT2D eigenvalue weighted by Gasteiger charge is -2.11. The number of nitrogens with one attached hydrogen (secondary N) is 1. The van der Waals surface area contributed by atoms with Gasteiger partial charge < -0.3 is 4.57 Å². The van der Waals surface area contributed by atoms with Crippen LogP contribution in [-0.4, -0.2) is 42.9 Å². The highest BCUT2D eigenvalue weighted by Crippen LogP contribution is 2.23. The number of nitrogens with zero attached hydrogens (tertiary/aromatic N) is 3. The number of halogens is 1. The fourth-order valence-corrected chi connectivity index (χ4v) is 3.31. The van der Waals surface area contributed by atoms with E-state index in [9.17, 15) is 8.42 Å². The zero-order valence-corrected chi connectivity index (χ0v) is 16.3. The fraction of sp³-hybridized carbons (Fsp3) is 0.533. The van der Waals surface area contributed by atoms with Crippen molar-refractivity contribution < 1.29 is 8.42 Å². The predicted octanol–water partition coefficient (Wildman–Crippen LogP) is 2.39. The molecule has 0 aliphatic carbocycles. The summed E-state index contributed by atoms with van der Waals surface area (Å²) in [6.07, 6.45) is 2.70. The van der Waals surface area contributed by atoms with Gasteiger partial charge in [0.25, 0.3) is 10.2 Å². The molecule has 128 valence electrons. The van der Waals surface area contributed by atoms with E-state index in [1.807, 2.05) is 12.1 Å². The van der Waals surface area contributed by atoms with Gasteiger partial charge in [0.2, 0.25) is 0 Å². The van der Waals surface area contributed by atoms with E-state index in [-0.39, 0.29) is 0 Å². The van der Waals surface area contributed by atoms with Gasteiger partial charge in [0.1, 0.15) is 10.3 Å². The zero-order chi connectivity index (χ0) is 17.2. The molecule has 0 radical (unpaired) electrons. The molecule has 1 N–H and O–H groups in total. The highest BCUT2D eigenvalue weighted by atomic mass is 79.9. The minimum Gasteiger partial charge on any atom is -0.332 e. The van der Waals surface area contributed by atoms with Crippen LogP contribution < -0.4 is 4.72 Å². The molecule has 8 heteroatoms. The van der Waals surface area contributed by atoms with Crippen LogP contribution in [0.25, 0.3) is 11.0 Å². The second kappa shape index (κ2) is 7.29. The maximum Gasteiger partial charge on any atom is 0.278 e. The van der Waals surface area contributed by atoms with Crippen molar-refractivity contribution in [2.45, 2.75) is 26.8 Å². The van der Waals surface area contributed by atoms with Gasteiger partial charge in [-0.05, 0) is 46.0 Å². The quantitative estimate of drug-likeness (QED) is 0.722. The van der Waals surface area contributed by atoms with Gasteiger partial charge in [-0.15, -0.1) is 0 Å². The topological polar surface area (TPSA) is 67.2 Å². The third-order valence-electron chi connectivity index (χ3n) is 3.49. The number of rotatable bonds is 7. The highest BCUT2D eigenvalue weighted by molar-refractivity contribution is 9.10. The summed E-state index contributed by atoms with van der Waals surface area (Å²) < 4.78 is 30.2. The van der Waals surface area contributed by atoms with Crippen molar-refractivity contribution in [1.82, 2.24) is 18.6 Å². The summed E-state index contributed by atoms with van der Waals surface area (Å²) in [6, 6.07) is 3.94. The van der Waals surface area contributed by atoms with E-state index in [4.69, 9.17) is 0 Å². The van der Waals surface area contributed by atoms with Crippen molar-refractivity contribution in [2.75, 3.05) is 20.6 Å². The van der Waals surface area contributed by atoms with Gasteiger partial charge in [-0.25, -0.2) is 9.71 Å². The van der Waals surface area contributed by atoms with Gasteiger partial charge in [-0.3, -0.25) is 0 Å². The van der Waals surface area contributed by atoms with Crippen molar-refractivity contribution in [3.05, 3.63) is 28.5 Å². The molecule has 2 aromatic rings. The van der Waals surface area contributed by atoms with Crippen LogP contribution in [0.15, 0.2) is 22.9 Å². The lowest BCUT2D eigenvalue weighted by molar-refractivity contribution is 0.506. The minimum atomic E-state index is -3.39. The number of aromatic nitrogens is 2. The van der Waals surface area contributed by atoms with Crippen LogP contribution in [0.4, 0.5) is 0 Å². The molecule has 6 nitrogen and oxygen atoms in total. The predicted molar refractivity (Wildman–Crippen MR) is 96.6 cm³/mol. The van der Waals surface area contributed by atoms with Crippen LogP contribution in [0, 0.1) is 5.92 Å². The van der Waals surface area contributed by atoms with Crippen molar-refractivity contribution in [1.29, 1.82) is 0 Å². The van der Waals surface area contributed by atoms with Crippen LogP contribution in [0.3, 0.4) is 0 Å². The largest absolute Gasteiger partial charge is 0.332 e. The molecule has 23 heavy (non-hydrogen) atoms. The summed E-state index contributed by atoms with van der Waals surface area (Å²) in [6.45, 7) is 5.56. The van der Waals surface area contributed by atoms with E-state index in [1.165, 1.54) is 18.4 Å². The first kappa shape index (κ1) is 18.4. The van der Waals surface area contributed by atoms with Gasteiger partial charge in [0.05, 0.1) is 0 Å². The Labute approximate surface area is 146 Å². The van der Waals surface area contributed by atoms with Crippen molar-refractivity contribution >= 4 is 37.2 Å². The molecule has 0 saturated carbocycles. The zero-order valence-electron chi connectivity index (χ0n) is 13.9. The van der Waals surface area contributed by atoms with Crippen LogP contribution >= 0.6 is 15.9 Å². The van der Waals surface area contributed by atoms with Gasteiger partial charge in [0.15, 0.2) is 0 Å². The molecule has 0 fully saturated rings. The third kappa shape index (κ3) is 4.53. The number of hydrogen-bond donors (Lipinski definition) is 1. The fourth-order valence-electron chi connectivity index (χ4n) is 2.39. The van der Waals surface area contributed by atoms with E-state index < -0.39 is 10.2 Å². The third-order valence-corrected chi connectivity index (χ3v) is 5.46. The van der Waals surface area contributed by atoms with E-state index in [0.29, 0.717) is 18.9 Å². The molecule has 2 heterocycles. The van der Waals surface area contributed by atoms with Crippen molar-refractivity contribution in [2.24, 2.45) is 5.92 Å².